The average molecular weight is 267 g/mol. The number of aromatic nitrogens is 1. The van der Waals surface area contributed by atoms with Crippen molar-refractivity contribution < 1.29 is 14.6 Å². The van der Waals surface area contributed by atoms with Gasteiger partial charge >= 0.3 is 0 Å². The molecule has 1 aliphatic carbocycles. The number of nitrogens with zero attached hydrogens (tertiary/aromatic N) is 1. The highest BCUT2D eigenvalue weighted by Crippen LogP contribution is 2.37. The van der Waals surface area contributed by atoms with Gasteiger partial charge in [-0.2, -0.15) is 0 Å². The van der Waals surface area contributed by atoms with Crippen molar-refractivity contribution in [1.29, 1.82) is 0 Å². The molecule has 19 heavy (non-hydrogen) atoms. The first-order valence-electron chi connectivity index (χ1n) is 6.54. The van der Waals surface area contributed by atoms with E-state index in [1.54, 1.807) is 6.07 Å². The fourth-order valence-electron chi connectivity index (χ4n) is 2.06. The van der Waals surface area contributed by atoms with Crippen LogP contribution >= 0.6 is 0 Å². The molecule has 1 unspecified atom stereocenters. The van der Waals surface area contributed by atoms with Gasteiger partial charge in [-0.1, -0.05) is 0 Å². The monoisotopic (exact) mass is 267 g/mol. The lowest BCUT2D eigenvalue weighted by Gasteiger charge is -2.11. The van der Waals surface area contributed by atoms with Crippen LogP contribution in [0.2, 0.25) is 0 Å². The topological polar surface area (TPSA) is 89.5 Å². The Hall–Kier alpha value is -1.53. The minimum atomic E-state index is -0.550. The lowest BCUT2D eigenvalue weighted by molar-refractivity contribution is 0.0587. The van der Waals surface area contributed by atoms with Crippen molar-refractivity contribution in [2.24, 2.45) is 0 Å². The van der Waals surface area contributed by atoms with E-state index in [1.165, 1.54) is 7.11 Å². The first-order chi connectivity index (χ1) is 9.11. The Morgan fingerprint density at radius 1 is 1.68 bits per heavy atom. The van der Waals surface area contributed by atoms with E-state index in [2.05, 4.69) is 5.32 Å². The maximum Gasteiger partial charge on any atom is 0.267 e. The number of rotatable bonds is 7. The molecule has 0 radical (unpaired) electrons. The Balaban J connectivity index is 1.86. The van der Waals surface area contributed by atoms with Crippen molar-refractivity contribution in [3.8, 4) is 0 Å². The number of carbonyl (C=O) groups excluding carboxylic acids is 1. The number of methoxy groups -OCH3 is 1. The molecule has 1 amide bonds. The van der Waals surface area contributed by atoms with Gasteiger partial charge in [0.25, 0.3) is 5.91 Å². The van der Waals surface area contributed by atoms with E-state index in [-0.39, 0.29) is 12.5 Å². The van der Waals surface area contributed by atoms with Crippen molar-refractivity contribution in [3.05, 3.63) is 18.0 Å². The minimum absolute atomic E-state index is 0.145. The molecular formula is C13H21N3O3. The van der Waals surface area contributed by atoms with Crippen LogP contribution in [0.15, 0.2) is 12.3 Å². The average Bonchev–Trinajstić information content (AvgIpc) is 3.12. The molecule has 1 saturated carbocycles. The number of nitrogen functional groups attached to an aromatic ring is 1. The summed E-state index contributed by atoms with van der Waals surface area (Å²) in [5.41, 5.74) is 6.95. The van der Waals surface area contributed by atoms with Crippen molar-refractivity contribution >= 4 is 11.6 Å². The number of nitrogens with two attached hydrogens (primary N) is 1. The highest BCUT2D eigenvalue weighted by Gasteiger charge is 2.27. The zero-order chi connectivity index (χ0) is 13.8. The lowest BCUT2D eigenvalue weighted by atomic mass is 10.2. The standard InChI is InChI=1S/C13H21N3O3/c1-19-8-11(17)4-5-15-13(18)12-6-9(14)7-16(12)10-2-3-10/h6-7,10-11,17H,2-5,8,14H2,1H3,(H,15,18). The normalized spacial score (nSPS) is 16.3. The van der Waals surface area contributed by atoms with Crippen LogP contribution in [0.1, 0.15) is 35.8 Å². The summed E-state index contributed by atoms with van der Waals surface area (Å²) in [5.74, 6) is -0.145. The van der Waals surface area contributed by atoms with Gasteiger partial charge in [-0.25, -0.2) is 0 Å². The van der Waals surface area contributed by atoms with E-state index >= 15 is 0 Å². The molecule has 1 aliphatic rings. The zero-order valence-electron chi connectivity index (χ0n) is 11.1. The molecule has 0 spiro atoms. The molecule has 1 fully saturated rings. The molecule has 0 bridgehead atoms. The van der Waals surface area contributed by atoms with Crippen LogP contribution in [0.5, 0.6) is 0 Å². The Morgan fingerprint density at radius 3 is 3.05 bits per heavy atom. The summed E-state index contributed by atoms with van der Waals surface area (Å²) in [5, 5.41) is 12.3. The maximum absolute atomic E-state index is 12.1. The molecule has 1 aromatic heterocycles. The van der Waals surface area contributed by atoms with Gasteiger partial charge in [-0.15, -0.1) is 0 Å². The first-order valence-corrected chi connectivity index (χ1v) is 6.54. The van der Waals surface area contributed by atoms with Gasteiger partial charge in [-0.05, 0) is 25.3 Å². The van der Waals surface area contributed by atoms with Gasteiger partial charge in [0.15, 0.2) is 0 Å². The van der Waals surface area contributed by atoms with Crippen LogP contribution in [-0.4, -0.2) is 41.9 Å². The quantitative estimate of drug-likeness (QED) is 0.672. The zero-order valence-corrected chi connectivity index (χ0v) is 11.1. The second kappa shape index (κ2) is 6.08. The molecule has 6 heteroatoms. The number of carbonyl (C=O) groups is 1. The van der Waals surface area contributed by atoms with E-state index in [9.17, 15) is 9.90 Å². The summed E-state index contributed by atoms with van der Waals surface area (Å²) in [6, 6.07) is 2.11. The van der Waals surface area contributed by atoms with E-state index in [1.807, 2.05) is 10.8 Å². The van der Waals surface area contributed by atoms with Crippen LogP contribution in [0.3, 0.4) is 0 Å². The molecule has 1 atom stereocenters. The van der Waals surface area contributed by atoms with E-state index in [0.717, 1.165) is 12.8 Å². The molecule has 4 N–H and O–H groups in total. The van der Waals surface area contributed by atoms with Crippen LogP contribution in [-0.2, 0) is 4.74 Å². The second-order valence-electron chi connectivity index (χ2n) is 4.95. The number of aliphatic hydroxyl groups is 1. The number of nitrogens with one attached hydrogen (secondary N) is 1. The highest BCUT2D eigenvalue weighted by molar-refractivity contribution is 5.93. The number of ether oxygens (including phenoxy) is 1. The Bertz CT molecular complexity index is 440. The molecule has 1 heterocycles. The van der Waals surface area contributed by atoms with Crippen molar-refractivity contribution in [3.63, 3.8) is 0 Å². The summed E-state index contributed by atoms with van der Waals surface area (Å²) in [6.07, 6.45) is 3.93. The fourth-order valence-corrected chi connectivity index (χ4v) is 2.06. The van der Waals surface area contributed by atoms with Gasteiger partial charge in [0.1, 0.15) is 5.69 Å². The number of hydrogen-bond acceptors (Lipinski definition) is 4. The third-order valence-electron chi connectivity index (χ3n) is 3.16. The SMILES string of the molecule is COCC(O)CCNC(=O)c1cc(N)cn1C1CC1. The predicted octanol–water partition coefficient (Wildman–Crippen LogP) is 0.532. The number of aliphatic hydroxyl groups excluding tert-OH is 1. The van der Waals surface area contributed by atoms with Gasteiger partial charge in [-0.3, -0.25) is 4.79 Å². The van der Waals surface area contributed by atoms with Crippen LogP contribution in [0, 0.1) is 0 Å². The van der Waals surface area contributed by atoms with Crippen LogP contribution in [0.4, 0.5) is 5.69 Å². The third-order valence-corrected chi connectivity index (χ3v) is 3.16. The summed E-state index contributed by atoms with van der Waals surface area (Å²) in [7, 11) is 1.53. The molecule has 0 aliphatic heterocycles. The number of hydrogen-bond donors (Lipinski definition) is 3. The largest absolute Gasteiger partial charge is 0.397 e. The van der Waals surface area contributed by atoms with E-state index < -0.39 is 6.10 Å². The van der Waals surface area contributed by atoms with E-state index in [4.69, 9.17) is 10.5 Å². The molecule has 2 rings (SSSR count). The molecular weight excluding hydrogens is 246 g/mol. The van der Waals surface area contributed by atoms with Gasteiger partial charge in [0, 0.05) is 25.9 Å². The van der Waals surface area contributed by atoms with Crippen LogP contribution in [0.25, 0.3) is 0 Å². The van der Waals surface area contributed by atoms with Gasteiger partial charge in [0.05, 0.1) is 18.4 Å². The lowest BCUT2D eigenvalue weighted by Crippen LogP contribution is -2.29. The van der Waals surface area contributed by atoms with Crippen LogP contribution < -0.4 is 11.1 Å². The molecule has 0 aromatic carbocycles. The molecule has 6 nitrogen and oxygen atoms in total. The number of anilines is 1. The summed E-state index contributed by atoms with van der Waals surface area (Å²) in [6.45, 7) is 0.695. The summed E-state index contributed by atoms with van der Waals surface area (Å²) in [4.78, 5) is 12.1. The summed E-state index contributed by atoms with van der Waals surface area (Å²) < 4.78 is 6.77. The second-order valence-corrected chi connectivity index (χ2v) is 4.95. The van der Waals surface area contributed by atoms with Crippen molar-refractivity contribution in [2.45, 2.75) is 31.4 Å². The van der Waals surface area contributed by atoms with E-state index in [0.29, 0.717) is 30.4 Å². The Morgan fingerprint density at radius 2 is 2.42 bits per heavy atom. The van der Waals surface area contributed by atoms with Crippen molar-refractivity contribution in [2.75, 3.05) is 26.0 Å². The smallest absolute Gasteiger partial charge is 0.267 e. The first kappa shape index (κ1) is 13.9. The predicted molar refractivity (Wildman–Crippen MR) is 71.9 cm³/mol. The maximum atomic E-state index is 12.1. The molecule has 106 valence electrons. The third kappa shape index (κ3) is 3.71. The minimum Gasteiger partial charge on any atom is -0.397 e. The van der Waals surface area contributed by atoms with Gasteiger partial charge in [0.2, 0.25) is 0 Å². The molecule has 1 aromatic rings. The number of amides is 1. The molecule has 0 saturated heterocycles. The summed E-state index contributed by atoms with van der Waals surface area (Å²) >= 11 is 0. The highest BCUT2D eigenvalue weighted by atomic mass is 16.5. The fraction of sp³-hybridized carbons (Fsp3) is 0.615. The van der Waals surface area contributed by atoms with Gasteiger partial charge < -0.3 is 25.5 Å². The Labute approximate surface area is 112 Å². The Kier molecular flexibility index (Phi) is 4.44. The van der Waals surface area contributed by atoms with Crippen molar-refractivity contribution in [1.82, 2.24) is 9.88 Å².